The van der Waals surface area contributed by atoms with Gasteiger partial charge in [0.1, 0.15) is 0 Å². The standard InChI is InChI=1S/C18H13F15O4/c1-7(8(34)35)3-2-4-36-5-6-37-12-16(28,29)9(19)13(22,23)10(20,17(12,30)31)15(26,27)11(21,14(9,24)25)18(12,32)33/h1-6H2,(H,34,35). The average Bonchev–Trinajstić information content (AvgIpc) is 2.74. The fourth-order valence-corrected chi connectivity index (χ4v) is 4.93. The van der Waals surface area contributed by atoms with Gasteiger partial charge in [-0.2, -0.15) is 52.7 Å². The van der Waals surface area contributed by atoms with Crippen LogP contribution in [0.5, 0.6) is 0 Å². The van der Waals surface area contributed by atoms with Crippen LogP contribution in [0, 0.1) is 0 Å². The number of ether oxygens (including phenoxy) is 2. The van der Waals surface area contributed by atoms with Gasteiger partial charge in [0.25, 0.3) is 5.60 Å². The van der Waals surface area contributed by atoms with Crippen LogP contribution in [0.25, 0.3) is 0 Å². The van der Waals surface area contributed by atoms with E-state index in [4.69, 9.17) is 5.11 Å². The lowest BCUT2D eigenvalue weighted by Crippen LogP contribution is -3.10. The van der Waals surface area contributed by atoms with E-state index in [2.05, 4.69) is 16.1 Å². The van der Waals surface area contributed by atoms with Crippen LogP contribution in [0.4, 0.5) is 65.9 Å². The molecule has 37 heavy (non-hydrogen) atoms. The van der Waals surface area contributed by atoms with Crippen molar-refractivity contribution in [2.24, 2.45) is 0 Å². The minimum atomic E-state index is -7.86. The van der Waals surface area contributed by atoms with Crippen molar-refractivity contribution in [2.75, 3.05) is 19.8 Å². The van der Waals surface area contributed by atoms with Crippen LogP contribution in [0.15, 0.2) is 12.2 Å². The van der Waals surface area contributed by atoms with E-state index < -0.39 is 89.5 Å². The molecule has 0 aliphatic heterocycles. The molecule has 19 heteroatoms. The summed E-state index contributed by atoms with van der Waals surface area (Å²) in [5.74, 6) is -47.9. The molecule has 0 aromatic heterocycles. The van der Waals surface area contributed by atoms with Gasteiger partial charge < -0.3 is 14.6 Å². The predicted octanol–water partition coefficient (Wildman–Crippen LogP) is 5.16. The lowest BCUT2D eigenvalue weighted by Gasteiger charge is -2.74. The number of hydrogen-bond donors (Lipinski definition) is 1. The zero-order chi connectivity index (χ0) is 29.1. The summed E-state index contributed by atoms with van der Waals surface area (Å²) in [5, 5.41) is 8.57. The van der Waals surface area contributed by atoms with E-state index in [1.807, 2.05) is 0 Å². The molecule has 0 atom stereocenters. The van der Waals surface area contributed by atoms with Gasteiger partial charge >= 0.3 is 58.5 Å². The minimum Gasteiger partial charge on any atom is -0.478 e. The molecule has 0 aromatic rings. The largest absolute Gasteiger partial charge is 0.478 e. The molecular weight excluding hydrogens is 565 g/mol. The first kappa shape index (κ1) is 29.6. The van der Waals surface area contributed by atoms with Crippen molar-refractivity contribution < 1.29 is 85.2 Å². The van der Waals surface area contributed by atoms with Crippen molar-refractivity contribution >= 4 is 5.97 Å². The first-order chi connectivity index (χ1) is 16.3. The van der Waals surface area contributed by atoms with Gasteiger partial charge in [0, 0.05) is 12.2 Å². The zero-order valence-corrected chi connectivity index (χ0v) is 17.6. The third-order valence-electron chi connectivity index (χ3n) is 6.84. The van der Waals surface area contributed by atoms with E-state index in [0.717, 1.165) is 0 Å². The highest BCUT2D eigenvalue weighted by Crippen LogP contribution is 2.88. The maximum Gasteiger partial charge on any atom is 0.339 e. The summed E-state index contributed by atoms with van der Waals surface area (Å²) in [5.41, 5.74) is -30.4. The topological polar surface area (TPSA) is 55.8 Å². The third-order valence-corrected chi connectivity index (χ3v) is 6.84. The number of carbonyl (C=O) groups is 1. The maximum absolute atomic E-state index is 14.9. The van der Waals surface area contributed by atoms with E-state index in [9.17, 15) is 70.7 Å². The van der Waals surface area contributed by atoms with Crippen molar-refractivity contribution in [1.29, 1.82) is 0 Å². The third kappa shape index (κ3) is 2.39. The van der Waals surface area contributed by atoms with Gasteiger partial charge in [-0.05, 0) is 12.8 Å². The Hall–Kier alpha value is -1.92. The molecule has 0 amide bonds. The molecule has 0 aromatic carbocycles. The Morgan fingerprint density at radius 3 is 1.27 bits per heavy atom. The number of carboxylic acid groups (broad SMARTS) is 1. The van der Waals surface area contributed by atoms with Gasteiger partial charge in [-0.25, -0.2) is 18.0 Å². The van der Waals surface area contributed by atoms with Gasteiger partial charge in [0.2, 0.25) is 0 Å². The zero-order valence-electron chi connectivity index (χ0n) is 17.6. The second-order valence-corrected chi connectivity index (χ2v) is 8.58. The maximum atomic E-state index is 14.9. The second-order valence-electron chi connectivity index (χ2n) is 8.58. The normalized spacial score (nSPS) is 40.9. The fourth-order valence-electron chi connectivity index (χ4n) is 4.93. The molecule has 0 spiro atoms. The quantitative estimate of drug-likeness (QED) is 0.234. The van der Waals surface area contributed by atoms with Gasteiger partial charge in [0.15, 0.2) is 0 Å². The molecule has 4 bridgehead atoms. The molecule has 4 aliphatic rings. The molecule has 214 valence electrons. The van der Waals surface area contributed by atoms with E-state index in [-0.39, 0.29) is 12.8 Å². The SMILES string of the molecule is C=C(CCCOCCOC12C(F)(F)C3(F)C(F)(F)C(F)(C(F)(F)C(F)(C3(F)F)C1(F)F)C2(F)F)C(=O)O. The molecule has 0 radical (unpaired) electrons. The van der Waals surface area contributed by atoms with Crippen LogP contribution in [0.3, 0.4) is 0 Å². The van der Waals surface area contributed by atoms with Gasteiger partial charge in [-0.3, -0.25) is 0 Å². The van der Waals surface area contributed by atoms with Gasteiger partial charge in [-0.1, -0.05) is 6.58 Å². The highest BCUT2D eigenvalue weighted by atomic mass is 19.3. The van der Waals surface area contributed by atoms with Crippen LogP contribution in [-0.4, -0.2) is 89.0 Å². The summed E-state index contributed by atoms with van der Waals surface area (Å²) in [6.45, 7) is -1.13. The number of aliphatic carboxylic acids is 1. The van der Waals surface area contributed by atoms with Gasteiger partial charge in [-0.15, -0.1) is 0 Å². The lowest BCUT2D eigenvalue weighted by molar-refractivity contribution is -0.619. The van der Waals surface area contributed by atoms with Crippen LogP contribution in [0.2, 0.25) is 0 Å². The monoisotopic (exact) mass is 578 g/mol. The highest BCUT2D eigenvalue weighted by molar-refractivity contribution is 5.85. The van der Waals surface area contributed by atoms with Crippen molar-refractivity contribution in [2.45, 2.75) is 71.0 Å². The van der Waals surface area contributed by atoms with E-state index in [1.165, 1.54) is 0 Å². The van der Waals surface area contributed by atoms with E-state index in [1.54, 1.807) is 0 Å². The molecule has 4 saturated carbocycles. The Balaban J connectivity index is 2.09. The molecule has 4 nitrogen and oxygen atoms in total. The Labute approximate surface area is 195 Å². The predicted molar refractivity (Wildman–Crippen MR) is 86.7 cm³/mol. The Morgan fingerprint density at radius 2 is 0.946 bits per heavy atom. The van der Waals surface area contributed by atoms with E-state index >= 15 is 0 Å². The average molecular weight is 578 g/mol. The summed E-state index contributed by atoms with van der Waals surface area (Å²) < 4.78 is 227. The second kappa shape index (κ2) is 7.38. The molecule has 0 heterocycles. The van der Waals surface area contributed by atoms with Crippen molar-refractivity contribution in [3.05, 3.63) is 12.2 Å². The summed E-state index contributed by atoms with van der Waals surface area (Å²) >= 11 is 0. The summed E-state index contributed by atoms with van der Waals surface area (Å²) in [4.78, 5) is 10.5. The number of halogens is 15. The molecular formula is C18H13F15O4. The summed E-state index contributed by atoms with van der Waals surface area (Å²) in [7, 11) is 0. The van der Waals surface area contributed by atoms with Gasteiger partial charge in [0.05, 0.1) is 13.2 Å². The Bertz CT molecular complexity index is 896. The van der Waals surface area contributed by atoms with E-state index in [0.29, 0.717) is 0 Å². The first-order valence-electron chi connectivity index (χ1n) is 9.79. The fraction of sp³-hybridized carbons (Fsp3) is 0.833. The summed E-state index contributed by atoms with van der Waals surface area (Å²) in [6.07, 6.45) is -0.578. The number of alkyl halides is 15. The number of carboxylic acids is 1. The smallest absolute Gasteiger partial charge is 0.339 e. The molecule has 4 fully saturated rings. The molecule has 4 aliphatic carbocycles. The Kier molecular flexibility index (Phi) is 5.91. The number of hydrogen-bond acceptors (Lipinski definition) is 3. The van der Waals surface area contributed by atoms with Crippen LogP contribution >= 0.6 is 0 Å². The first-order valence-corrected chi connectivity index (χ1v) is 9.79. The Morgan fingerprint density at radius 1 is 0.595 bits per heavy atom. The number of rotatable bonds is 9. The van der Waals surface area contributed by atoms with Crippen LogP contribution < -0.4 is 0 Å². The molecule has 0 saturated heterocycles. The molecule has 4 rings (SSSR count). The van der Waals surface area contributed by atoms with Crippen molar-refractivity contribution in [3.63, 3.8) is 0 Å². The van der Waals surface area contributed by atoms with Crippen molar-refractivity contribution in [1.82, 2.24) is 0 Å². The molecule has 0 unspecified atom stereocenters. The van der Waals surface area contributed by atoms with Crippen molar-refractivity contribution in [3.8, 4) is 0 Å². The van der Waals surface area contributed by atoms with Crippen LogP contribution in [0.1, 0.15) is 12.8 Å². The minimum absolute atomic E-state index is 0.266. The highest BCUT2D eigenvalue weighted by Gasteiger charge is 3.23. The molecule has 1 N–H and O–H groups in total. The lowest BCUT2D eigenvalue weighted by atomic mass is 9.40. The van der Waals surface area contributed by atoms with Crippen LogP contribution in [-0.2, 0) is 14.3 Å². The summed E-state index contributed by atoms with van der Waals surface area (Å²) in [6, 6.07) is 0.